The van der Waals surface area contributed by atoms with E-state index in [-0.39, 0.29) is 24.1 Å². The number of para-hydroxylation sites is 1. The lowest BCUT2D eigenvalue weighted by molar-refractivity contribution is -0.142. The Morgan fingerprint density at radius 2 is 1.68 bits per heavy atom. The number of carbonyl (C=O) groups is 2. The van der Waals surface area contributed by atoms with Crippen molar-refractivity contribution in [3.05, 3.63) is 81.0 Å². The van der Waals surface area contributed by atoms with Gasteiger partial charge in [0, 0.05) is 6.42 Å². The number of carboxylic acids is 1. The molecule has 2 aromatic carbocycles. The summed E-state index contributed by atoms with van der Waals surface area (Å²) in [5.41, 5.74) is -0.171. The van der Waals surface area contributed by atoms with Crippen LogP contribution in [0, 0.1) is 5.92 Å². The van der Waals surface area contributed by atoms with Crippen LogP contribution in [0.25, 0.3) is 10.9 Å². The highest BCUT2D eigenvalue weighted by Gasteiger charge is 2.29. The molecule has 3 rings (SSSR count). The Morgan fingerprint density at radius 1 is 1.03 bits per heavy atom. The maximum absolute atomic E-state index is 13.1. The van der Waals surface area contributed by atoms with Gasteiger partial charge in [-0.3, -0.25) is 9.59 Å². The number of aliphatic carboxylic acids is 1. The van der Waals surface area contributed by atoms with Crippen LogP contribution in [0.4, 0.5) is 0 Å². The Hall–Kier alpha value is -3.68. The number of nitrogens with one attached hydrogen (secondary N) is 2. The van der Waals surface area contributed by atoms with E-state index in [1.54, 1.807) is 48.5 Å². The Kier molecular flexibility index (Phi) is 6.69. The van der Waals surface area contributed by atoms with E-state index in [4.69, 9.17) is 0 Å². The predicted molar refractivity (Wildman–Crippen MR) is 117 cm³/mol. The third-order valence-electron chi connectivity index (χ3n) is 5.04. The summed E-state index contributed by atoms with van der Waals surface area (Å²) in [6, 6.07) is 13.1. The van der Waals surface area contributed by atoms with Crippen LogP contribution in [-0.2, 0) is 16.0 Å². The fourth-order valence-corrected chi connectivity index (χ4v) is 3.55. The molecule has 0 spiro atoms. The molecule has 3 aromatic rings. The molecular weight excluding hydrogens is 398 g/mol. The average molecular weight is 423 g/mol. The summed E-state index contributed by atoms with van der Waals surface area (Å²) in [7, 11) is 0. The van der Waals surface area contributed by atoms with Gasteiger partial charge in [0.2, 0.25) is 5.91 Å². The van der Waals surface area contributed by atoms with Gasteiger partial charge in [0.05, 0.1) is 10.9 Å². The smallest absolute Gasteiger partial charge is 0.329 e. The van der Waals surface area contributed by atoms with Crippen LogP contribution in [0.5, 0.6) is 0 Å². The molecule has 0 bridgehead atoms. The molecule has 0 unspecified atom stereocenters. The molecule has 0 saturated carbocycles. The van der Waals surface area contributed by atoms with E-state index in [2.05, 4.69) is 10.3 Å². The topological polar surface area (TPSA) is 121 Å². The summed E-state index contributed by atoms with van der Waals surface area (Å²) < 4.78 is 0.888. The molecule has 8 nitrogen and oxygen atoms in total. The lowest BCUT2D eigenvalue weighted by atomic mass is 10.0. The van der Waals surface area contributed by atoms with Crippen molar-refractivity contribution >= 4 is 22.8 Å². The zero-order valence-corrected chi connectivity index (χ0v) is 17.4. The first-order valence-corrected chi connectivity index (χ1v) is 10.1. The molecule has 8 heteroatoms. The second-order valence-corrected chi connectivity index (χ2v) is 7.89. The summed E-state index contributed by atoms with van der Waals surface area (Å²) in [6.45, 7) is 3.72. The minimum atomic E-state index is -1.19. The second kappa shape index (κ2) is 9.42. The van der Waals surface area contributed by atoms with Gasteiger partial charge in [0.15, 0.2) is 0 Å². The fraction of sp³-hybridized carbons (Fsp3) is 0.304. The van der Waals surface area contributed by atoms with Gasteiger partial charge < -0.3 is 15.4 Å². The van der Waals surface area contributed by atoms with Gasteiger partial charge in [-0.25, -0.2) is 14.2 Å². The maximum atomic E-state index is 13.1. The van der Waals surface area contributed by atoms with E-state index in [9.17, 15) is 24.3 Å². The van der Waals surface area contributed by atoms with E-state index in [1.165, 1.54) is 0 Å². The van der Waals surface area contributed by atoms with Crippen LogP contribution in [0.15, 0.2) is 64.2 Å². The number of amides is 1. The number of carbonyl (C=O) groups excluding carboxylic acids is 1. The van der Waals surface area contributed by atoms with Gasteiger partial charge in [0.25, 0.3) is 5.56 Å². The van der Waals surface area contributed by atoms with Gasteiger partial charge >= 0.3 is 11.7 Å². The number of nitrogens with zero attached hydrogens (tertiary/aromatic N) is 1. The molecule has 2 atom stereocenters. The van der Waals surface area contributed by atoms with Gasteiger partial charge in [-0.2, -0.15) is 0 Å². The maximum Gasteiger partial charge on any atom is 0.329 e. The van der Waals surface area contributed by atoms with Gasteiger partial charge in [0.1, 0.15) is 12.1 Å². The van der Waals surface area contributed by atoms with Crippen molar-refractivity contribution in [2.24, 2.45) is 5.92 Å². The molecule has 162 valence electrons. The Balaban J connectivity index is 1.98. The quantitative estimate of drug-likeness (QED) is 0.512. The van der Waals surface area contributed by atoms with E-state index < -0.39 is 35.2 Å². The van der Waals surface area contributed by atoms with Crippen LogP contribution < -0.4 is 16.6 Å². The summed E-state index contributed by atoms with van der Waals surface area (Å²) in [5, 5.41) is 12.4. The molecule has 31 heavy (non-hydrogen) atoms. The zero-order chi connectivity index (χ0) is 22.5. The van der Waals surface area contributed by atoms with Crippen molar-refractivity contribution in [1.29, 1.82) is 0 Å². The summed E-state index contributed by atoms with van der Waals surface area (Å²) in [6.07, 6.45) is 0.282. The van der Waals surface area contributed by atoms with Gasteiger partial charge in [-0.15, -0.1) is 0 Å². The summed E-state index contributed by atoms with van der Waals surface area (Å²) in [4.78, 5) is 53.3. The van der Waals surface area contributed by atoms with Crippen molar-refractivity contribution in [2.45, 2.75) is 38.8 Å². The number of carboxylic acid groups (broad SMARTS) is 1. The molecular formula is C23H25N3O5. The van der Waals surface area contributed by atoms with Crippen molar-refractivity contribution in [1.82, 2.24) is 14.9 Å². The first-order valence-electron chi connectivity index (χ1n) is 10.1. The molecule has 3 N–H and O–H groups in total. The number of fused-ring (bicyclic) bond motifs is 1. The molecule has 1 aromatic heterocycles. The molecule has 0 aliphatic carbocycles. The second-order valence-electron chi connectivity index (χ2n) is 7.89. The number of H-pyrrole nitrogens is 1. The highest BCUT2D eigenvalue weighted by atomic mass is 16.4. The Morgan fingerprint density at radius 3 is 2.32 bits per heavy atom. The standard InChI is InChI=1S/C23H25N3O5/c1-14(2)12-19(26-21(28)16-10-6-7-11-17(16)25-23(26)31)20(27)24-18(22(29)30)13-15-8-4-3-5-9-15/h3-11,14,18-19H,12-13H2,1-2H3,(H,24,27)(H,25,31)(H,29,30)/t18-,19-/m0/s1. The van der Waals surface area contributed by atoms with E-state index >= 15 is 0 Å². The van der Waals surface area contributed by atoms with Crippen LogP contribution in [0.3, 0.4) is 0 Å². The number of hydrogen-bond acceptors (Lipinski definition) is 4. The lowest BCUT2D eigenvalue weighted by Gasteiger charge is -2.23. The molecule has 1 heterocycles. The molecule has 0 aliphatic heterocycles. The first kappa shape index (κ1) is 22.0. The SMILES string of the molecule is CC(C)C[C@@H](C(=O)N[C@@H](Cc1ccccc1)C(=O)O)n1c(=O)[nH]c2ccccc2c1=O. The molecule has 0 saturated heterocycles. The number of hydrogen-bond donors (Lipinski definition) is 3. The summed E-state index contributed by atoms with van der Waals surface area (Å²) in [5.74, 6) is -1.90. The van der Waals surface area contributed by atoms with Crippen molar-refractivity contribution in [3.63, 3.8) is 0 Å². The van der Waals surface area contributed by atoms with Gasteiger partial charge in [-0.05, 0) is 30.0 Å². The van der Waals surface area contributed by atoms with Gasteiger partial charge in [-0.1, -0.05) is 56.3 Å². The Bertz CT molecular complexity index is 1200. The number of benzene rings is 2. The van der Waals surface area contributed by atoms with Crippen LogP contribution in [-0.4, -0.2) is 32.6 Å². The van der Waals surface area contributed by atoms with E-state index in [0.717, 1.165) is 10.1 Å². The lowest BCUT2D eigenvalue weighted by Crippen LogP contribution is -2.49. The minimum Gasteiger partial charge on any atom is -0.480 e. The van der Waals surface area contributed by atoms with E-state index in [1.807, 2.05) is 19.9 Å². The predicted octanol–water partition coefficient (Wildman–Crippen LogP) is 2.09. The number of rotatable bonds is 8. The molecule has 0 radical (unpaired) electrons. The minimum absolute atomic E-state index is 0.0223. The fourth-order valence-electron chi connectivity index (χ4n) is 3.55. The molecule has 0 fully saturated rings. The number of aromatic nitrogens is 2. The Labute approximate surface area is 178 Å². The zero-order valence-electron chi connectivity index (χ0n) is 17.4. The van der Waals surface area contributed by atoms with E-state index in [0.29, 0.717) is 5.52 Å². The highest BCUT2D eigenvalue weighted by Crippen LogP contribution is 2.17. The van der Waals surface area contributed by atoms with Crippen molar-refractivity contribution in [2.75, 3.05) is 0 Å². The highest BCUT2D eigenvalue weighted by molar-refractivity contribution is 5.86. The summed E-state index contributed by atoms with van der Waals surface area (Å²) >= 11 is 0. The average Bonchev–Trinajstić information content (AvgIpc) is 2.73. The van der Waals surface area contributed by atoms with Crippen molar-refractivity contribution < 1.29 is 14.7 Å². The molecule has 0 aliphatic rings. The third kappa shape index (κ3) is 5.09. The normalized spacial score (nSPS) is 13.1. The van der Waals surface area contributed by atoms with Crippen molar-refractivity contribution in [3.8, 4) is 0 Å². The third-order valence-corrected chi connectivity index (χ3v) is 5.04. The first-order chi connectivity index (χ1) is 14.8. The van der Waals surface area contributed by atoms with Crippen LogP contribution in [0.1, 0.15) is 31.9 Å². The van der Waals surface area contributed by atoms with Crippen LogP contribution >= 0.6 is 0 Å². The monoisotopic (exact) mass is 423 g/mol. The van der Waals surface area contributed by atoms with Crippen LogP contribution in [0.2, 0.25) is 0 Å². The number of aromatic amines is 1. The molecule has 1 amide bonds. The largest absolute Gasteiger partial charge is 0.480 e.